The van der Waals surface area contributed by atoms with Gasteiger partial charge in [-0.25, -0.2) is 4.79 Å². The van der Waals surface area contributed by atoms with E-state index >= 15 is 0 Å². The Morgan fingerprint density at radius 2 is 2.20 bits per heavy atom. The Morgan fingerprint density at radius 1 is 1.40 bits per heavy atom. The van der Waals surface area contributed by atoms with Gasteiger partial charge in [-0.1, -0.05) is 11.6 Å². The predicted octanol–water partition coefficient (Wildman–Crippen LogP) is 3.88. The number of carboxylic acids is 1. The topological polar surface area (TPSA) is 40.5 Å². The molecule has 1 N–H and O–H groups in total. The molecule has 1 aliphatic rings. The number of fused-ring (bicyclic) bond motifs is 1. The van der Waals surface area contributed by atoms with E-state index in [1.807, 2.05) is 19.1 Å². The van der Waals surface area contributed by atoms with Crippen LogP contribution in [0, 0.1) is 6.92 Å². The largest absolute Gasteiger partial charge is 0.478 e. The molecule has 1 aliphatic heterocycles. The number of anilines is 1. The second-order valence-electron chi connectivity index (χ2n) is 5.24. The number of nitrogens with zero attached hydrogens (tertiary/aromatic N) is 1. The van der Waals surface area contributed by atoms with Gasteiger partial charge in [0.15, 0.2) is 0 Å². The van der Waals surface area contributed by atoms with Gasteiger partial charge in [0.2, 0.25) is 0 Å². The van der Waals surface area contributed by atoms with Crippen LogP contribution < -0.4 is 4.90 Å². The molecule has 2 heterocycles. The van der Waals surface area contributed by atoms with Gasteiger partial charge in [-0.3, -0.25) is 0 Å². The Bertz CT molecular complexity index is 662. The van der Waals surface area contributed by atoms with E-state index in [1.165, 1.54) is 10.4 Å². The smallest absolute Gasteiger partial charge is 0.337 e. The monoisotopic (exact) mass is 287 g/mol. The molecule has 3 nitrogen and oxygen atoms in total. The van der Waals surface area contributed by atoms with Crippen molar-refractivity contribution in [2.24, 2.45) is 0 Å². The molecule has 1 atom stereocenters. The molecule has 0 saturated carbocycles. The molecule has 4 heteroatoms. The zero-order valence-electron chi connectivity index (χ0n) is 11.6. The molecule has 0 saturated heterocycles. The lowest BCUT2D eigenvalue weighted by Gasteiger charge is -2.36. The lowest BCUT2D eigenvalue weighted by molar-refractivity contribution is 0.0697. The van der Waals surface area contributed by atoms with E-state index in [0.29, 0.717) is 5.56 Å². The molecule has 20 heavy (non-hydrogen) atoms. The number of benzene rings is 1. The van der Waals surface area contributed by atoms with Crippen molar-refractivity contribution in [3.8, 4) is 0 Å². The summed E-state index contributed by atoms with van der Waals surface area (Å²) in [5, 5.41) is 11.6. The molecular formula is C16H17NO2S. The highest BCUT2D eigenvalue weighted by molar-refractivity contribution is 7.10. The first-order chi connectivity index (χ1) is 9.58. The van der Waals surface area contributed by atoms with Gasteiger partial charge in [0.25, 0.3) is 0 Å². The minimum Gasteiger partial charge on any atom is -0.478 e. The van der Waals surface area contributed by atoms with Crippen LogP contribution in [0.2, 0.25) is 0 Å². The van der Waals surface area contributed by atoms with Crippen molar-refractivity contribution < 1.29 is 9.90 Å². The maximum Gasteiger partial charge on any atom is 0.337 e. The molecule has 3 rings (SSSR count). The molecular weight excluding hydrogens is 270 g/mol. The number of hydrogen-bond acceptors (Lipinski definition) is 3. The number of carboxylic acid groups (broad SMARTS) is 1. The molecule has 0 spiro atoms. The van der Waals surface area contributed by atoms with E-state index in [-0.39, 0.29) is 6.04 Å². The van der Waals surface area contributed by atoms with Crippen molar-refractivity contribution in [1.82, 2.24) is 0 Å². The second-order valence-corrected chi connectivity index (χ2v) is 6.24. The lowest BCUT2D eigenvalue weighted by Crippen LogP contribution is -2.34. The van der Waals surface area contributed by atoms with Crippen molar-refractivity contribution in [2.75, 3.05) is 11.4 Å². The minimum absolute atomic E-state index is 0.228. The highest BCUT2D eigenvalue weighted by atomic mass is 32.1. The van der Waals surface area contributed by atoms with E-state index in [4.69, 9.17) is 0 Å². The molecule has 0 amide bonds. The van der Waals surface area contributed by atoms with Gasteiger partial charge in [-0.15, -0.1) is 11.3 Å². The average molecular weight is 287 g/mol. The summed E-state index contributed by atoms with van der Waals surface area (Å²) >= 11 is 1.80. The highest BCUT2D eigenvalue weighted by Gasteiger charge is 2.27. The fourth-order valence-corrected chi connectivity index (χ4v) is 3.87. The predicted molar refractivity (Wildman–Crippen MR) is 81.9 cm³/mol. The van der Waals surface area contributed by atoms with Crippen molar-refractivity contribution >= 4 is 23.0 Å². The Morgan fingerprint density at radius 3 is 2.95 bits per heavy atom. The summed E-state index contributed by atoms with van der Waals surface area (Å²) in [6.45, 7) is 4.95. The summed E-state index contributed by atoms with van der Waals surface area (Å²) in [4.78, 5) is 15.1. The highest BCUT2D eigenvalue weighted by Crippen LogP contribution is 2.37. The van der Waals surface area contributed by atoms with Crippen LogP contribution in [0.15, 0.2) is 29.6 Å². The molecule has 1 aromatic carbocycles. The van der Waals surface area contributed by atoms with E-state index in [9.17, 15) is 9.90 Å². The van der Waals surface area contributed by atoms with E-state index in [0.717, 1.165) is 24.2 Å². The summed E-state index contributed by atoms with van der Waals surface area (Å²) in [7, 11) is 0. The van der Waals surface area contributed by atoms with Gasteiger partial charge < -0.3 is 10.0 Å². The zero-order valence-corrected chi connectivity index (χ0v) is 12.4. The van der Waals surface area contributed by atoms with Crippen LogP contribution in [0.3, 0.4) is 0 Å². The van der Waals surface area contributed by atoms with E-state index < -0.39 is 5.97 Å². The number of hydrogen-bond donors (Lipinski definition) is 1. The van der Waals surface area contributed by atoms with E-state index in [1.54, 1.807) is 17.4 Å². The third kappa shape index (κ3) is 2.10. The second kappa shape index (κ2) is 4.94. The number of rotatable bonds is 2. The van der Waals surface area contributed by atoms with Gasteiger partial charge in [-0.05, 0) is 49.4 Å². The Balaban J connectivity index is 2.04. The van der Waals surface area contributed by atoms with Crippen LogP contribution in [-0.2, 0) is 6.42 Å². The Hall–Kier alpha value is -1.81. The maximum absolute atomic E-state index is 11.5. The molecule has 0 radical (unpaired) electrons. The summed E-state index contributed by atoms with van der Waals surface area (Å²) in [5.41, 5.74) is 3.54. The van der Waals surface area contributed by atoms with Crippen LogP contribution >= 0.6 is 11.3 Å². The van der Waals surface area contributed by atoms with Gasteiger partial charge in [0.1, 0.15) is 0 Å². The quantitative estimate of drug-likeness (QED) is 0.911. The summed E-state index contributed by atoms with van der Waals surface area (Å²) in [6, 6.07) is 8.06. The van der Waals surface area contributed by atoms with Gasteiger partial charge in [-0.2, -0.15) is 0 Å². The van der Waals surface area contributed by atoms with Crippen molar-refractivity contribution in [2.45, 2.75) is 26.3 Å². The van der Waals surface area contributed by atoms with Crippen molar-refractivity contribution in [3.63, 3.8) is 0 Å². The number of aromatic carboxylic acids is 1. The first-order valence-electron chi connectivity index (χ1n) is 6.75. The molecule has 2 aromatic rings. The molecule has 104 valence electrons. The van der Waals surface area contributed by atoms with Crippen LogP contribution in [-0.4, -0.2) is 17.6 Å². The van der Waals surface area contributed by atoms with Crippen molar-refractivity contribution in [3.05, 3.63) is 51.2 Å². The molecule has 0 aliphatic carbocycles. The first-order valence-corrected chi connectivity index (χ1v) is 7.62. The molecule has 1 aromatic heterocycles. The maximum atomic E-state index is 11.5. The third-order valence-electron chi connectivity index (χ3n) is 3.97. The minimum atomic E-state index is -0.855. The van der Waals surface area contributed by atoms with Crippen LogP contribution in [0.5, 0.6) is 0 Å². The number of carbonyl (C=O) groups is 1. The normalized spacial score (nSPS) is 17.9. The van der Waals surface area contributed by atoms with Crippen molar-refractivity contribution in [1.29, 1.82) is 0 Å². The Kier molecular flexibility index (Phi) is 3.26. The lowest BCUT2D eigenvalue weighted by atomic mass is 9.98. The number of aryl methyl sites for hydroxylation is 1. The summed E-state index contributed by atoms with van der Waals surface area (Å²) < 4.78 is 0. The van der Waals surface area contributed by atoms with Crippen LogP contribution in [0.25, 0.3) is 0 Å². The SMILES string of the molecule is Cc1ccc(N2CCc3sccc3C2C)c(C(=O)O)c1. The van der Waals surface area contributed by atoms with E-state index in [2.05, 4.69) is 23.3 Å². The summed E-state index contributed by atoms with van der Waals surface area (Å²) in [6.07, 6.45) is 0.990. The third-order valence-corrected chi connectivity index (χ3v) is 4.97. The van der Waals surface area contributed by atoms with Gasteiger partial charge in [0, 0.05) is 11.4 Å². The first kappa shape index (κ1) is 13.2. The Labute approximate surface area is 122 Å². The van der Waals surface area contributed by atoms with Gasteiger partial charge in [0.05, 0.1) is 17.3 Å². The van der Waals surface area contributed by atoms with Crippen LogP contribution in [0.1, 0.15) is 39.3 Å². The average Bonchev–Trinajstić information content (AvgIpc) is 2.89. The molecule has 0 fully saturated rings. The molecule has 1 unspecified atom stereocenters. The number of thiophene rings is 1. The standard InChI is InChI=1S/C16H17NO2S/c1-10-3-4-14(13(9-10)16(18)19)17-7-5-15-12(11(17)2)6-8-20-15/h3-4,6,8-9,11H,5,7H2,1-2H3,(H,18,19). The summed E-state index contributed by atoms with van der Waals surface area (Å²) in [5.74, 6) is -0.855. The fraction of sp³-hybridized carbons (Fsp3) is 0.312. The fourth-order valence-electron chi connectivity index (χ4n) is 2.91. The van der Waals surface area contributed by atoms with Crippen LogP contribution in [0.4, 0.5) is 5.69 Å². The van der Waals surface area contributed by atoms with Gasteiger partial charge >= 0.3 is 5.97 Å². The molecule has 0 bridgehead atoms. The zero-order chi connectivity index (χ0) is 14.3.